The average Bonchev–Trinajstić information content (AvgIpc) is 2.71. The summed E-state index contributed by atoms with van der Waals surface area (Å²) >= 11 is 0. The first-order valence-corrected chi connectivity index (χ1v) is 9.25. The van der Waals surface area contributed by atoms with Gasteiger partial charge in [-0.2, -0.15) is 0 Å². The van der Waals surface area contributed by atoms with E-state index in [1.165, 1.54) is 0 Å². The van der Waals surface area contributed by atoms with Gasteiger partial charge in [-0.15, -0.1) is 26.4 Å². The van der Waals surface area contributed by atoms with Crippen LogP contribution < -0.4 is 41.7 Å². The quantitative estimate of drug-likeness (QED) is 0.0788. The van der Waals surface area contributed by atoms with Gasteiger partial charge >= 0.3 is 21.7 Å². The van der Waals surface area contributed by atoms with Crippen LogP contribution in [0.2, 0.25) is 0 Å². The number of hydrogen-bond donors (Lipinski definition) is 8. The molecule has 12 nitrogen and oxygen atoms in total. The van der Waals surface area contributed by atoms with Gasteiger partial charge in [-0.1, -0.05) is 0 Å². The number of aliphatic hydroxyl groups is 4. The van der Waals surface area contributed by atoms with Crippen LogP contribution in [0.5, 0.6) is 0 Å². The summed E-state index contributed by atoms with van der Waals surface area (Å²) in [4.78, 5) is 0. The van der Waals surface area contributed by atoms with Gasteiger partial charge in [-0.3, -0.25) is 0 Å². The molecule has 0 aliphatic rings. The third-order valence-corrected chi connectivity index (χ3v) is 2.27. The predicted molar refractivity (Wildman–Crippen MR) is 99.3 cm³/mol. The van der Waals surface area contributed by atoms with Crippen molar-refractivity contribution in [1.82, 2.24) is 21.3 Å². The summed E-state index contributed by atoms with van der Waals surface area (Å²) in [6.07, 6.45) is 0. The molecule has 0 aromatic heterocycles. The van der Waals surface area contributed by atoms with E-state index in [2.05, 4.69) is 21.3 Å². The largest absolute Gasteiger partial charge is 4.00 e. The van der Waals surface area contributed by atoms with Crippen molar-refractivity contribution < 1.29 is 62.6 Å². The Morgan fingerprint density at radius 2 is 0.552 bits per heavy atom. The van der Waals surface area contributed by atoms with E-state index in [0.29, 0.717) is 52.4 Å². The zero-order chi connectivity index (χ0) is 22.1. The topological polar surface area (TPSA) is 221 Å². The summed E-state index contributed by atoms with van der Waals surface area (Å²) in [5.41, 5.74) is 0. The summed E-state index contributed by atoms with van der Waals surface area (Å²) in [5, 5.41) is 82.0. The van der Waals surface area contributed by atoms with Crippen molar-refractivity contribution in [3.63, 3.8) is 0 Å². The molecule has 0 bridgehead atoms. The van der Waals surface area contributed by atoms with Crippen LogP contribution in [-0.2, 0) is 21.7 Å². The Morgan fingerprint density at radius 1 is 0.379 bits per heavy atom. The third kappa shape index (κ3) is 73.7. The van der Waals surface area contributed by atoms with Crippen LogP contribution in [0.3, 0.4) is 0 Å². The average molecular weight is 464 g/mol. The molecule has 0 spiro atoms. The standard InChI is InChI=1S/4C4H10NO2.Ti/c4*6-3-1-5-2-4-7;/h4*5-6H,1-4H2;/q4*-1;+4. The molecule has 0 rings (SSSR count). The minimum atomic E-state index is -0.111. The maximum atomic E-state index is 9.66. The van der Waals surface area contributed by atoms with E-state index in [0.717, 1.165) is 0 Å². The summed E-state index contributed by atoms with van der Waals surface area (Å²) in [5.74, 6) is 0. The molecule has 0 radical (unpaired) electrons. The van der Waals surface area contributed by atoms with Crippen molar-refractivity contribution in [2.75, 3.05) is 105 Å². The van der Waals surface area contributed by atoms with Crippen LogP contribution in [0.25, 0.3) is 0 Å². The maximum Gasteiger partial charge on any atom is 4.00 e. The molecule has 0 fully saturated rings. The van der Waals surface area contributed by atoms with Crippen LogP contribution in [0.4, 0.5) is 0 Å². The molecule has 0 aromatic rings. The molecule has 0 aliphatic carbocycles. The number of rotatable bonds is 16. The fraction of sp³-hybridized carbons (Fsp3) is 1.00. The fourth-order valence-corrected chi connectivity index (χ4v) is 1.10. The zero-order valence-corrected chi connectivity index (χ0v) is 18.8. The number of nitrogens with one attached hydrogen (secondary N) is 4. The Labute approximate surface area is 189 Å². The maximum absolute atomic E-state index is 9.66. The van der Waals surface area contributed by atoms with Gasteiger partial charge in [0.2, 0.25) is 0 Å². The summed E-state index contributed by atoms with van der Waals surface area (Å²) in [6.45, 7) is 3.96. The predicted octanol–water partition coefficient (Wildman–Crippen LogP) is -8.29. The molecule has 0 amide bonds. The van der Waals surface area contributed by atoms with Gasteiger partial charge in [0.05, 0.1) is 26.4 Å². The van der Waals surface area contributed by atoms with Crippen molar-refractivity contribution in [2.45, 2.75) is 0 Å². The zero-order valence-electron chi connectivity index (χ0n) is 17.2. The molecule has 0 heterocycles. The molecule has 0 aromatic carbocycles. The molecular weight excluding hydrogens is 424 g/mol. The Morgan fingerprint density at radius 3 is 0.655 bits per heavy atom. The monoisotopic (exact) mass is 464 g/mol. The van der Waals surface area contributed by atoms with Gasteiger partial charge in [0.1, 0.15) is 0 Å². The molecule has 0 saturated heterocycles. The van der Waals surface area contributed by atoms with Gasteiger partial charge in [0, 0.05) is 26.2 Å². The summed E-state index contributed by atoms with van der Waals surface area (Å²) < 4.78 is 0. The Balaban J connectivity index is -0.0000000873. The first kappa shape index (κ1) is 39.7. The van der Waals surface area contributed by atoms with E-state index in [9.17, 15) is 20.4 Å². The molecule has 0 aliphatic heterocycles. The fourth-order valence-electron chi connectivity index (χ4n) is 1.10. The second-order valence-electron chi connectivity index (χ2n) is 4.71. The van der Waals surface area contributed by atoms with Crippen LogP contribution in [0, 0.1) is 0 Å². The minimum Gasteiger partial charge on any atom is -0.854 e. The van der Waals surface area contributed by atoms with E-state index in [4.69, 9.17) is 20.4 Å². The van der Waals surface area contributed by atoms with E-state index >= 15 is 0 Å². The van der Waals surface area contributed by atoms with Crippen LogP contribution in [0.1, 0.15) is 0 Å². The van der Waals surface area contributed by atoms with Crippen molar-refractivity contribution in [2.24, 2.45) is 0 Å². The molecular formula is C16H40N4O8Ti. The Kier molecular flexibility index (Phi) is 70.0. The molecule has 0 atom stereocenters. The first-order valence-electron chi connectivity index (χ1n) is 9.25. The minimum absolute atomic E-state index is 0. The van der Waals surface area contributed by atoms with Gasteiger partial charge in [0.25, 0.3) is 0 Å². The van der Waals surface area contributed by atoms with E-state index in [1.54, 1.807) is 0 Å². The van der Waals surface area contributed by atoms with Crippen molar-refractivity contribution in [1.29, 1.82) is 0 Å². The van der Waals surface area contributed by atoms with E-state index in [1.807, 2.05) is 0 Å². The number of aliphatic hydroxyl groups excluding tert-OH is 4. The first-order chi connectivity index (χ1) is 13.7. The van der Waals surface area contributed by atoms with Crippen LogP contribution in [0.15, 0.2) is 0 Å². The number of hydrogen-bond acceptors (Lipinski definition) is 12. The molecule has 0 saturated carbocycles. The van der Waals surface area contributed by atoms with Crippen molar-refractivity contribution in [3.8, 4) is 0 Å². The molecule has 8 N–H and O–H groups in total. The SMILES string of the molecule is [O-]CCNCCO.[O-]CCNCCO.[O-]CCNCCO.[O-]CCNCCO.[Ti+4]. The van der Waals surface area contributed by atoms with Crippen LogP contribution >= 0.6 is 0 Å². The smallest absolute Gasteiger partial charge is 0.854 e. The van der Waals surface area contributed by atoms with E-state index in [-0.39, 0.29) is 74.6 Å². The van der Waals surface area contributed by atoms with Crippen molar-refractivity contribution in [3.05, 3.63) is 0 Å². The Bertz CT molecular complexity index is 162. The molecule has 13 heteroatoms. The van der Waals surface area contributed by atoms with Gasteiger partial charge in [0.15, 0.2) is 0 Å². The summed E-state index contributed by atoms with van der Waals surface area (Å²) in [6, 6.07) is 0. The van der Waals surface area contributed by atoms with Gasteiger partial charge in [-0.05, 0) is 26.2 Å². The van der Waals surface area contributed by atoms with Gasteiger partial charge < -0.3 is 62.1 Å². The van der Waals surface area contributed by atoms with Crippen LogP contribution in [-0.4, -0.2) is 126 Å². The normalized spacial score (nSPS) is 9.10. The second kappa shape index (κ2) is 51.1. The summed E-state index contributed by atoms with van der Waals surface area (Å²) in [7, 11) is 0. The van der Waals surface area contributed by atoms with E-state index < -0.39 is 0 Å². The Hall–Kier alpha value is 0.234. The third-order valence-electron chi connectivity index (χ3n) is 2.27. The van der Waals surface area contributed by atoms with Crippen molar-refractivity contribution >= 4 is 0 Å². The molecule has 0 unspecified atom stereocenters. The molecule has 176 valence electrons. The molecule has 29 heavy (non-hydrogen) atoms. The second-order valence-corrected chi connectivity index (χ2v) is 4.71. The van der Waals surface area contributed by atoms with Gasteiger partial charge in [-0.25, -0.2) is 0 Å².